The maximum atomic E-state index is 3.32. The third-order valence-corrected chi connectivity index (χ3v) is 3.77. The van der Waals surface area contributed by atoms with Crippen molar-refractivity contribution in [1.82, 2.24) is 15.1 Å². The molecule has 0 aromatic carbocycles. The Labute approximate surface area is 101 Å². The molecule has 0 bridgehead atoms. The van der Waals surface area contributed by atoms with Crippen molar-refractivity contribution in [3.63, 3.8) is 0 Å². The van der Waals surface area contributed by atoms with E-state index in [9.17, 15) is 0 Å². The Balaban J connectivity index is 2.25. The molecule has 1 fully saturated rings. The largest absolute Gasteiger partial charge is 0.319 e. The molecule has 0 radical (unpaired) electrons. The van der Waals surface area contributed by atoms with Gasteiger partial charge in [-0.15, -0.1) is 0 Å². The quantitative estimate of drug-likeness (QED) is 0.673. The molecule has 0 saturated heterocycles. The van der Waals surface area contributed by atoms with E-state index in [1.807, 2.05) is 0 Å². The van der Waals surface area contributed by atoms with E-state index in [2.05, 4.69) is 43.2 Å². The highest BCUT2D eigenvalue weighted by atomic mass is 15.2. The zero-order chi connectivity index (χ0) is 12.0. The first kappa shape index (κ1) is 13.9. The van der Waals surface area contributed by atoms with Crippen LogP contribution in [0.15, 0.2) is 0 Å². The second-order valence-corrected chi connectivity index (χ2v) is 5.25. The van der Waals surface area contributed by atoms with Gasteiger partial charge in [0.05, 0.1) is 0 Å². The first-order valence-electron chi connectivity index (χ1n) is 6.72. The van der Waals surface area contributed by atoms with Crippen molar-refractivity contribution in [1.29, 1.82) is 0 Å². The topological polar surface area (TPSA) is 18.5 Å². The van der Waals surface area contributed by atoms with Gasteiger partial charge < -0.3 is 15.1 Å². The zero-order valence-corrected chi connectivity index (χ0v) is 11.5. The number of nitrogens with zero attached hydrogens (tertiary/aromatic N) is 2. The summed E-state index contributed by atoms with van der Waals surface area (Å²) in [6.07, 6.45) is 4.11. The molecule has 1 aliphatic rings. The molecular formula is C13H29N3. The van der Waals surface area contributed by atoms with E-state index in [0.29, 0.717) is 0 Å². The lowest BCUT2D eigenvalue weighted by molar-refractivity contribution is 0.0646. The first-order valence-corrected chi connectivity index (χ1v) is 6.72. The van der Waals surface area contributed by atoms with Crippen LogP contribution in [0.5, 0.6) is 0 Å². The van der Waals surface area contributed by atoms with Crippen LogP contribution in [-0.2, 0) is 0 Å². The van der Waals surface area contributed by atoms with Crippen molar-refractivity contribution >= 4 is 0 Å². The summed E-state index contributed by atoms with van der Waals surface area (Å²) >= 11 is 0. The van der Waals surface area contributed by atoms with Gasteiger partial charge in [-0.1, -0.05) is 6.92 Å². The molecule has 0 heterocycles. The highest BCUT2D eigenvalue weighted by molar-refractivity contribution is 4.89. The third kappa shape index (κ3) is 4.04. The third-order valence-electron chi connectivity index (χ3n) is 3.77. The van der Waals surface area contributed by atoms with Crippen LogP contribution in [0, 0.1) is 5.92 Å². The van der Waals surface area contributed by atoms with Gasteiger partial charge in [-0.25, -0.2) is 0 Å². The highest BCUT2D eigenvalue weighted by Crippen LogP contribution is 2.31. The summed E-state index contributed by atoms with van der Waals surface area (Å²) in [5.41, 5.74) is 0. The highest BCUT2D eigenvalue weighted by Gasteiger charge is 2.33. The smallest absolute Gasteiger partial charge is 0.0136 e. The van der Waals surface area contributed by atoms with Gasteiger partial charge in [0, 0.05) is 6.04 Å². The lowest BCUT2D eigenvalue weighted by Gasteiger charge is -2.44. The molecule has 1 saturated carbocycles. The van der Waals surface area contributed by atoms with Crippen molar-refractivity contribution in [3.8, 4) is 0 Å². The second kappa shape index (κ2) is 7.25. The van der Waals surface area contributed by atoms with Crippen LogP contribution in [0.3, 0.4) is 0 Å². The molecule has 0 aromatic heterocycles. The molecule has 3 nitrogen and oxygen atoms in total. The fraction of sp³-hybridized carbons (Fsp3) is 1.00. The van der Waals surface area contributed by atoms with E-state index >= 15 is 0 Å². The van der Waals surface area contributed by atoms with Crippen molar-refractivity contribution in [2.24, 2.45) is 5.92 Å². The van der Waals surface area contributed by atoms with Gasteiger partial charge in [0.1, 0.15) is 0 Å². The van der Waals surface area contributed by atoms with Gasteiger partial charge in [0.2, 0.25) is 0 Å². The molecular weight excluding hydrogens is 198 g/mol. The predicted molar refractivity (Wildman–Crippen MR) is 70.9 cm³/mol. The van der Waals surface area contributed by atoms with Crippen LogP contribution in [0.1, 0.15) is 26.2 Å². The molecule has 0 aromatic rings. The van der Waals surface area contributed by atoms with Gasteiger partial charge in [-0.2, -0.15) is 0 Å². The lowest BCUT2D eigenvalue weighted by Crippen LogP contribution is -2.50. The van der Waals surface area contributed by atoms with Gasteiger partial charge in [-0.3, -0.25) is 0 Å². The molecule has 0 spiro atoms. The molecule has 1 aliphatic carbocycles. The summed E-state index contributed by atoms with van der Waals surface area (Å²) in [4.78, 5) is 4.95. The van der Waals surface area contributed by atoms with Crippen LogP contribution in [0.2, 0.25) is 0 Å². The molecule has 1 N–H and O–H groups in total. The maximum absolute atomic E-state index is 3.32. The summed E-state index contributed by atoms with van der Waals surface area (Å²) in [6, 6.07) is 0.847. The molecule has 0 amide bonds. The Morgan fingerprint density at radius 1 is 1.19 bits per heavy atom. The number of hydrogen-bond donors (Lipinski definition) is 1. The zero-order valence-electron chi connectivity index (χ0n) is 11.5. The molecule has 16 heavy (non-hydrogen) atoms. The Hall–Kier alpha value is -0.120. The fourth-order valence-electron chi connectivity index (χ4n) is 2.68. The average Bonchev–Trinajstić information content (AvgIpc) is 2.22. The number of rotatable bonds is 8. The van der Waals surface area contributed by atoms with Crippen molar-refractivity contribution in [3.05, 3.63) is 0 Å². The van der Waals surface area contributed by atoms with Gasteiger partial charge in [-0.05, 0) is 72.5 Å². The van der Waals surface area contributed by atoms with Crippen LogP contribution in [-0.4, -0.2) is 63.2 Å². The Morgan fingerprint density at radius 3 is 2.38 bits per heavy atom. The average molecular weight is 227 g/mol. The van der Waals surface area contributed by atoms with Gasteiger partial charge >= 0.3 is 0 Å². The van der Waals surface area contributed by atoms with Crippen molar-refractivity contribution in [2.45, 2.75) is 32.2 Å². The Bertz CT molecular complexity index is 182. The minimum atomic E-state index is 0.847. The predicted octanol–water partition coefficient (Wildman–Crippen LogP) is 1.26. The normalized spacial score (nSPS) is 25.1. The summed E-state index contributed by atoms with van der Waals surface area (Å²) in [5, 5.41) is 3.32. The van der Waals surface area contributed by atoms with Crippen LogP contribution >= 0.6 is 0 Å². The van der Waals surface area contributed by atoms with E-state index in [0.717, 1.165) is 12.0 Å². The van der Waals surface area contributed by atoms with Gasteiger partial charge in [0.25, 0.3) is 0 Å². The number of nitrogens with one attached hydrogen (secondary N) is 1. The molecule has 0 aliphatic heterocycles. The second-order valence-electron chi connectivity index (χ2n) is 5.25. The molecule has 1 rings (SSSR count). The van der Waals surface area contributed by atoms with Gasteiger partial charge in [0.15, 0.2) is 0 Å². The van der Waals surface area contributed by atoms with E-state index in [4.69, 9.17) is 0 Å². The fourth-order valence-corrected chi connectivity index (χ4v) is 2.68. The van der Waals surface area contributed by atoms with E-state index < -0.39 is 0 Å². The summed E-state index contributed by atoms with van der Waals surface area (Å²) in [5.74, 6) is 0.893. The van der Waals surface area contributed by atoms with E-state index in [1.165, 1.54) is 45.4 Å². The van der Waals surface area contributed by atoms with Crippen molar-refractivity contribution in [2.75, 3.05) is 47.3 Å². The molecule has 96 valence electrons. The van der Waals surface area contributed by atoms with E-state index in [1.54, 1.807) is 0 Å². The Morgan fingerprint density at radius 2 is 1.94 bits per heavy atom. The minimum Gasteiger partial charge on any atom is -0.319 e. The summed E-state index contributed by atoms with van der Waals surface area (Å²) < 4.78 is 0. The maximum Gasteiger partial charge on any atom is 0.0136 e. The first-order chi connectivity index (χ1) is 7.69. The summed E-state index contributed by atoms with van der Waals surface area (Å²) in [6.45, 7) is 7.16. The van der Waals surface area contributed by atoms with Crippen molar-refractivity contribution < 1.29 is 0 Å². The molecule has 2 unspecified atom stereocenters. The molecule has 2 atom stereocenters. The summed E-state index contributed by atoms with van der Waals surface area (Å²) in [7, 11) is 6.38. The molecule has 3 heteroatoms. The minimum absolute atomic E-state index is 0.847. The van der Waals surface area contributed by atoms with Crippen LogP contribution in [0.25, 0.3) is 0 Å². The van der Waals surface area contributed by atoms with Crippen LogP contribution in [0.4, 0.5) is 0 Å². The monoisotopic (exact) mass is 227 g/mol. The standard InChI is InChI=1S/C13H29N3/c1-5-16(10-6-9-15(3)4)13-8-7-12(13)11-14-2/h12-14H,5-11H2,1-4H3. The Kier molecular flexibility index (Phi) is 6.32. The van der Waals surface area contributed by atoms with Crippen LogP contribution < -0.4 is 5.32 Å². The van der Waals surface area contributed by atoms with E-state index in [-0.39, 0.29) is 0 Å². The SMILES string of the molecule is CCN(CCCN(C)C)C1CCC1CNC. The number of hydrogen-bond acceptors (Lipinski definition) is 3. The lowest BCUT2D eigenvalue weighted by atomic mass is 9.78.